The fourth-order valence-electron chi connectivity index (χ4n) is 3.11. The number of aryl methyl sites for hydroxylation is 2. The molecule has 0 atom stereocenters. The van der Waals surface area contributed by atoms with Crippen LogP contribution in [-0.2, 0) is 10.0 Å². The first-order valence-corrected chi connectivity index (χ1v) is 11.9. The Balaban J connectivity index is 1.50. The maximum atomic E-state index is 12.6. The van der Waals surface area contributed by atoms with Crippen molar-refractivity contribution < 1.29 is 13.2 Å². The Hall–Kier alpha value is -3.43. The average molecular weight is 484 g/mol. The Kier molecular flexibility index (Phi) is 6.09. The monoisotopic (exact) mass is 483 g/mol. The van der Waals surface area contributed by atoms with Gasteiger partial charge in [0.05, 0.1) is 10.6 Å². The number of nitrogens with one attached hydrogen (secondary N) is 1. The van der Waals surface area contributed by atoms with Crippen LogP contribution in [0.25, 0.3) is 5.82 Å². The van der Waals surface area contributed by atoms with Crippen LogP contribution in [-0.4, -0.2) is 28.2 Å². The van der Waals surface area contributed by atoms with Gasteiger partial charge >= 0.3 is 0 Å². The molecule has 0 fully saturated rings. The molecule has 4 rings (SSSR count). The highest BCUT2D eigenvalue weighted by Crippen LogP contribution is 2.26. The van der Waals surface area contributed by atoms with E-state index < -0.39 is 10.0 Å². The molecule has 0 spiro atoms. The van der Waals surface area contributed by atoms with Crippen molar-refractivity contribution in [2.45, 2.75) is 32.6 Å². The number of hydrogen-bond donors (Lipinski definition) is 1. The summed E-state index contributed by atoms with van der Waals surface area (Å²) in [6, 6.07) is 12.8. The van der Waals surface area contributed by atoms with E-state index in [1.165, 1.54) is 18.5 Å². The lowest BCUT2D eigenvalue weighted by molar-refractivity contribution is 0.460. The van der Waals surface area contributed by atoms with Crippen molar-refractivity contribution in [2.75, 3.05) is 4.72 Å². The molecule has 170 valence electrons. The minimum atomic E-state index is -3.77. The minimum absolute atomic E-state index is 0.0892. The summed E-state index contributed by atoms with van der Waals surface area (Å²) in [4.78, 5) is 8.53. The summed E-state index contributed by atoms with van der Waals surface area (Å²) in [6.45, 7) is 7.74. The molecule has 8 nitrogen and oxygen atoms in total. The Morgan fingerprint density at radius 1 is 0.970 bits per heavy atom. The summed E-state index contributed by atoms with van der Waals surface area (Å²) in [5.41, 5.74) is 4.21. The van der Waals surface area contributed by atoms with E-state index in [-0.39, 0.29) is 4.90 Å². The number of ether oxygens (including phenoxy) is 1. The second-order valence-corrected chi connectivity index (χ2v) is 9.65. The average Bonchev–Trinajstić information content (AvgIpc) is 3.04. The van der Waals surface area contributed by atoms with Crippen LogP contribution in [0, 0.1) is 27.7 Å². The maximum Gasteiger partial charge on any atom is 0.261 e. The van der Waals surface area contributed by atoms with Crippen LogP contribution < -0.4 is 9.46 Å². The molecular formula is C23H22ClN5O3S. The van der Waals surface area contributed by atoms with Gasteiger partial charge in [0.2, 0.25) is 5.88 Å². The molecule has 10 heteroatoms. The van der Waals surface area contributed by atoms with Gasteiger partial charge in [-0.15, -0.1) is 0 Å². The van der Waals surface area contributed by atoms with E-state index in [0.29, 0.717) is 28.2 Å². The van der Waals surface area contributed by atoms with Crippen molar-refractivity contribution in [3.05, 3.63) is 82.4 Å². The topological polar surface area (TPSA) is 99.0 Å². The lowest BCUT2D eigenvalue weighted by Crippen LogP contribution is -2.12. The van der Waals surface area contributed by atoms with Crippen LogP contribution in [0.2, 0.25) is 5.02 Å². The van der Waals surface area contributed by atoms with E-state index >= 15 is 0 Å². The molecule has 33 heavy (non-hydrogen) atoms. The maximum absolute atomic E-state index is 12.6. The third-order valence-corrected chi connectivity index (χ3v) is 7.07. The molecule has 0 saturated carbocycles. The van der Waals surface area contributed by atoms with Crippen molar-refractivity contribution in [1.29, 1.82) is 0 Å². The number of benzene rings is 2. The van der Waals surface area contributed by atoms with Gasteiger partial charge in [-0.25, -0.2) is 23.1 Å². The molecule has 0 amide bonds. The van der Waals surface area contributed by atoms with Crippen molar-refractivity contribution in [3.63, 3.8) is 0 Å². The summed E-state index contributed by atoms with van der Waals surface area (Å²) in [5, 5.41) is 4.90. The first-order chi connectivity index (χ1) is 15.6. The number of rotatable bonds is 6. The second kappa shape index (κ2) is 8.84. The molecule has 0 aliphatic rings. The van der Waals surface area contributed by atoms with Crippen LogP contribution in [0.4, 0.5) is 5.69 Å². The van der Waals surface area contributed by atoms with Crippen molar-refractivity contribution in [1.82, 2.24) is 19.7 Å². The highest BCUT2D eigenvalue weighted by atomic mass is 35.5. The van der Waals surface area contributed by atoms with Crippen LogP contribution >= 0.6 is 11.6 Å². The first kappa shape index (κ1) is 22.8. The smallest absolute Gasteiger partial charge is 0.261 e. The number of nitrogens with zero attached hydrogens (tertiary/aromatic N) is 4. The normalized spacial score (nSPS) is 11.4. The van der Waals surface area contributed by atoms with Gasteiger partial charge in [0.25, 0.3) is 10.0 Å². The number of halogens is 1. The van der Waals surface area contributed by atoms with Crippen LogP contribution in [0.15, 0.2) is 59.8 Å². The number of hydrogen-bond acceptors (Lipinski definition) is 6. The summed E-state index contributed by atoms with van der Waals surface area (Å²) in [7, 11) is -3.77. The Bertz CT molecular complexity index is 1430. The number of sulfonamides is 1. The summed E-state index contributed by atoms with van der Waals surface area (Å²) in [6.07, 6.45) is 1.41. The van der Waals surface area contributed by atoms with E-state index in [4.69, 9.17) is 16.3 Å². The zero-order chi connectivity index (χ0) is 23.8. The molecule has 2 heterocycles. The Labute approximate surface area is 197 Å². The zero-order valence-corrected chi connectivity index (χ0v) is 20.1. The van der Waals surface area contributed by atoms with Gasteiger partial charge < -0.3 is 4.74 Å². The predicted octanol–water partition coefficient (Wildman–Crippen LogP) is 5.14. The number of aromatic nitrogens is 4. The Morgan fingerprint density at radius 3 is 2.33 bits per heavy atom. The fourth-order valence-corrected chi connectivity index (χ4v) is 4.44. The molecule has 2 aromatic heterocycles. The molecule has 4 aromatic rings. The van der Waals surface area contributed by atoms with E-state index in [1.807, 2.05) is 27.7 Å². The van der Waals surface area contributed by atoms with Gasteiger partial charge in [-0.2, -0.15) is 5.10 Å². The molecular weight excluding hydrogens is 462 g/mol. The molecule has 0 aliphatic heterocycles. The van der Waals surface area contributed by atoms with Crippen molar-refractivity contribution >= 4 is 27.3 Å². The van der Waals surface area contributed by atoms with Crippen LogP contribution in [0.5, 0.6) is 11.6 Å². The lowest BCUT2D eigenvalue weighted by Gasteiger charge is -2.11. The van der Waals surface area contributed by atoms with Crippen LogP contribution in [0.3, 0.4) is 0 Å². The predicted molar refractivity (Wildman–Crippen MR) is 127 cm³/mol. The molecule has 2 aromatic carbocycles. The summed E-state index contributed by atoms with van der Waals surface area (Å²) >= 11 is 6.06. The van der Waals surface area contributed by atoms with E-state index in [0.717, 1.165) is 22.5 Å². The fraction of sp³-hybridized carbons (Fsp3) is 0.174. The zero-order valence-electron chi connectivity index (χ0n) is 18.5. The third-order valence-electron chi connectivity index (χ3n) is 5.28. The van der Waals surface area contributed by atoms with E-state index in [9.17, 15) is 8.42 Å². The molecule has 0 bridgehead atoms. The largest absolute Gasteiger partial charge is 0.439 e. The molecule has 1 N–H and O–H groups in total. The SMILES string of the molecule is Cc1ccc(S(=O)(=O)Nc2ccc(Oc3cc(-n4nc(C)c(C)c4C)ncn3)cc2)cc1Cl. The highest BCUT2D eigenvalue weighted by molar-refractivity contribution is 7.92. The van der Waals surface area contributed by atoms with Gasteiger partial charge in [0.1, 0.15) is 12.1 Å². The van der Waals surface area contributed by atoms with Crippen molar-refractivity contribution in [2.24, 2.45) is 0 Å². The van der Waals surface area contributed by atoms with Gasteiger partial charge in [0.15, 0.2) is 5.82 Å². The standard InChI is InChI=1S/C23H22ClN5O3S/c1-14-5-10-20(11-21(14)24)33(30,31)28-18-6-8-19(9-7-18)32-23-12-22(25-13-26-23)29-17(4)15(2)16(3)27-29/h5-13,28H,1-4H3. The first-order valence-electron chi connectivity index (χ1n) is 10.1. The van der Waals surface area contributed by atoms with Gasteiger partial charge in [-0.1, -0.05) is 17.7 Å². The van der Waals surface area contributed by atoms with Crippen LogP contribution in [0.1, 0.15) is 22.5 Å². The van der Waals surface area contributed by atoms with Gasteiger partial charge in [-0.3, -0.25) is 4.72 Å². The number of anilines is 1. The summed E-state index contributed by atoms with van der Waals surface area (Å²) < 4.78 is 35.4. The van der Waals surface area contributed by atoms with E-state index in [1.54, 1.807) is 41.1 Å². The van der Waals surface area contributed by atoms with Gasteiger partial charge in [0, 0.05) is 22.5 Å². The minimum Gasteiger partial charge on any atom is -0.439 e. The van der Waals surface area contributed by atoms with Gasteiger partial charge in [-0.05, 0) is 75.2 Å². The Morgan fingerprint density at radius 2 is 1.70 bits per heavy atom. The van der Waals surface area contributed by atoms with E-state index in [2.05, 4.69) is 19.8 Å². The summed E-state index contributed by atoms with van der Waals surface area (Å²) in [5.74, 6) is 1.42. The third kappa shape index (κ3) is 4.84. The lowest BCUT2D eigenvalue weighted by atomic mass is 10.2. The molecule has 0 radical (unpaired) electrons. The molecule has 0 saturated heterocycles. The highest BCUT2D eigenvalue weighted by Gasteiger charge is 2.16. The quantitative estimate of drug-likeness (QED) is 0.407. The second-order valence-electron chi connectivity index (χ2n) is 7.56. The molecule has 0 unspecified atom stereocenters. The van der Waals surface area contributed by atoms with Crippen molar-refractivity contribution in [3.8, 4) is 17.4 Å². The molecule has 0 aliphatic carbocycles.